The van der Waals surface area contributed by atoms with Crippen molar-refractivity contribution in [3.05, 3.63) is 52.4 Å². The van der Waals surface area contributed by atoms with Crippen molar-refractivity contribution in [2.45, 2.75) is 20.8 Å². The van der Waals surface area contributed by atoms with Gasteiger partial charge in [-0.2, -0.15) is 0 Å². The number of hydrazine groups is 1. The number of fused-ring (bicyclic) bond motifs is 1. The van der Waals surface area contributed by atoms with Crippen molar-refractivity contribution < 1.29 is 23.5 Å². The highest BCUT2D eigenvalue weighted by atomic mass is 16.5. The molecule has 0 aliphatic heterocycles. The molecule has 0 spiro atoms. The van der Waals surface area contributed by atoms with Gasteiger partial charge < -0.3 is 19.4 Å². The number of carbonyl (C=O) groups is 3. The van der Waals surface area contributed by atoms with Gasteiger partial charge in [-0.3, -0.25) is 10.2 Å². The van der Waals surface area contributed by atoms with Crippen LogP contribution in [0.3, 0.4) is 0 Å². The lowest BCUT2D eigenvalue weighted by Gasteiger charge is -2.21. The van der Waals surface area contributed by atoms with Crippen molar-refractivity contribution in [2.75, 3.05) is 31.1 Å². The summed E-state index contributed by atoms with van der Waals surface area (Å²) >= 11 is 0. The Labute approximate surface area is 179 Å². The molecule has 0 saturated carbocycles. The highest BCUT2D eigenvalue weighted by Crippen LogP contribution is 2.21. The van der Waals surface area contributed by atoms with Gasteiger partial charge >= 0.3 is 17.6 Å². The summed E-state index contributed by atoms with van der Waals surface area (Å²) in [7, 11) is 0. The van der Waals surface area contributed by atoms with Crippen LogP contribution in [-0.4, -0.2) is 44.1 Å². The lowest BCUT2D eigenvalue weighted by atomic mass is 10.1. The summed E-state index contributed by atoms with van der Waals surface area (Å²) in [4.78, 5) is 49.5. The van der Waals surface area contributed by atoms with Crippen LogP contribution in [0.2, 0.25) is 0 Å². The molecule has 2 aromatic rings. The summed E-state index contributed by atoms with van der Waals surface area (Å²) in [5.41, 5.74) is 4.68. The van der Waals surface area contributed by atoms with E-state index in [1.165, 1.54) is 13.0 Å². The predicted molar refractivity (Wildman–Crippen MR) is 116 cm³/mol. The molecule has 0 saturated heterocycles. The smallest absolute Gasteiger partial charge is 0.349 e. The van der Waals surface area contributed by atoms with Gasteiger partial charge in [0.15, 0.2) is 0 Å². The van der Waals surface area contributed by atoms with E-state index in [9.17, 15) is 19.2 Å². The second-order valence-corrected chi connectivity index (χ2v) is 6.59. The SMILES string of the molecule is C=C(C)C(=O)OCCNC(=O)NNC(=O)c1cc2ccc(N(CC)CC)cc2oc1=O. The maximum atomic E-state index is 12.3. The molecule has 0 unspecified atom stereocenters. The lowest BCUT2D eigenvalue weighted by molar-refractivity contribution is -0.138. The third-order valence-corrected chi connectivity index (χ3v) is 4.35. The Morgan fingerprint density at radius 3 is 2.48 bits per heavy atom. The van der Waals surface area contributed by atoms with Gasteiger partial charge in [-0.1, -0.05) is 6.58 Å². The van der Waals surface area contributed by atoms with Gasteiger partial charge in [-0.25, -0.2) is 19.8 Å². The number of esters is 1. The summed E-state index contributed by atoms with van der Waals surface area (Å²) in [5.74, 6) is -1.39. The number of carbonyl (C=O) groups excluding carboxylic acids is 3. The summed E-state index contributed by atoms with van der Waals surface area (Å²) in [6.07, 6.45) is 0. The van der Waals surface area contributed by atoms with E-state index in [2.05, 4.69) is 27.6 Å². The van der Waals surface area contributed by atoms with Crippen molar-refractivity contribution in [3.8, 4) is 0 Å². The van der Waals surface area contributed by atoms with Gasteiger partial charge in [0.25, 0.3) is 5.91 Å². The minimum absolute atomic E-state index is 0.0215. The zero-order valence-corrected chi connectivity index (χ0v) is 17.7. The maximum Gasteiger partial charge on any atom is 0.349 e. The molecule has 1 heterocycles. The van der Waals surface area contributed by atoms with Crippen LogP contribution >= 0.6 is 0 Å². The van der Waals surface area contributed by atoms with Crippen LogP contribution in [-0.2, 0) is 9.53 Å². The van der Waals surface area contributed by atoms with Crippen LogP contribution in [0.4, 0.5) is 10.5 Å². The van der Waals surface area contributed by atoms with E-state index in [1.807, 2.05) is 19.9 Å². The third-order valence-electron chi connectivity index (χ3n) is 4.35. The molecule has 1 aromatic heterocycles. The molecule has 166 valence electrons. The molecule has 0 atom stereocenters. The number of hydrogen-bond acceptors (Lipinski definition) is 7. The van der Waals surface area contributed by atoms with Crippen molar-refractivity contribution in [3.63, 3.8) is 0 Å². The first-order chi connectivity index (χ1) is 14.8. The molecule has 3 amide bonds. The zero-order valence-electron chi connectivity index (χ0n) is 17.7. The molecule has 0 aliphatic carbocycles. The second-order valence-electron chi connectivity index (χ2n) is 6.59. The fourth-order valence-corrected chi connectivity index (χ4v) is 2.70. The molecule has 3 N–H and O–H groups in total. The van der Waals surface area contributed by atoms with Crippen molar-refractivity contribution in [1.82, 2.24) is 16.2 Å². The molecule has 0 fully saturated rings. The average molecular weight is 430 g/mol. The van der Waals surface area contributed by atoms with E-state index in [0.717, 1.165) is 18.8 Å². The molecule has 1 aromatic carbocycles. The van der Waals surface area contributed by atoms with E-state index in [4.69, 9.17) is 9.15 Å². The van der Waals surface area contributed by atoms with Gasteiger partial charge in [-0.05, 0) is 39.0 Å². The van der Waals surface area contributed by atoms with Crippen molar-refractivity contribution in [1.29, 1.82) is 0 Å². The van der Waals surface area contributed by atoms with Gasteiger partial charge in [0.1, 0.15) is 17.8 Å². The summed E-state index contributed by atoms with van der Waals surface area (Å²) in [5, 5.41) is 2.95. The monoisotopic (exact) mass is 430 g/mol. The lowest BCUT2D eigenvalue weighted by Crippen LogP contribution is -2.48. The fourth-order valence-electron chi connectivity index (χ4n) is 2.70. The minimum Gasteiger partial charge on any atom is -0.460 e. The van der Waals surface area contributed by atoms with Gasteiger partial charge in [0.05, 0.1) is 6.54 Å². The van der Waals surface area contributed by atoms with Crippen LogP contribution in [0.1, 0.15) is 31.1 Å². The Bertz CT molecular complexity index is 1040. The number of rotatable bonds is 8. The normalized spacial score (nSPS) is 10.3. The van der Waals surface area contributed by atoms with Crippen molar-refractivity contribution >= 4 is 34.6 Å². The Morgan fingerprint density at radius 2 is 1.84 bits per heavy atom. The Morgan fingerprint density at radius 1 is 1.13 bits per heavy atom. The first-order valence-corrected chi connectivity index (χ1v) is 9.76. The molecule has 2 rings (SSSR count). The molecular formula is C21H26N4O6. The van der Waals surface area contributed by atoms with Crippen molar-refractivity contribution in [2.24, 2.45) is 0 Å². The summed E-state index contributed by atoms with van der Waals surface area (Å²) in [6.45, 7) is 10.6. The predicted octanol–water partition coefficient (Wildman–Crippen LogP) is 1.70. The van der Waals surface area contributed by atoms with E-state index in [0.29, 0.717) is 11.0 Å². The number of hydrogen-bond donors (Lipinski definition) is 3. The zero-order chi connectivity index (χ0) is 23.0. The largest absolute Gasteiger partial charge is 0.460 e. The van der Waals surface area contributed by atoms with E-state index < -0.39 is 23.5 Å². The maximum absolute atomic E-state index is 12.3. The number of ether oxygens (including phenoxy) is 1. The number of nitrogens with zero attached hydrogens (tertiary/aromatic N) is 1. The molecule has 0 radical (unpaired) electrons. The number of benzene rings is 1. The van der Waals surface area contributed by atoms with Crippen LogP contribution in [0.25, 0.3) is 11.0 Å². The first kappa shape index (κ1) is 23.5. The number of amides is 3. The average Bonchev–Trinajstić information content (AvgIpc) is 2.75. The molecule has 10 heteroatoms. The highest BCUT2D eigenvalue weighted by Gasteiger charge is 2.15. The topological polar surface area (TPSA) is 130 Å². The van der Waals surface area contributed by atoms with Gasteiger partial charge in [-0.15, -0.1) is 0 Å². The summed E-state index contributed by atoms with van der Waals surface area (Å²) < 4.78 is 10.1. The standard InChI is InChI=1S/C21H26N4O6/c1-5-25(6-2)15-8-7-14-11-16(20(28)31-17(14)12-15)18(26)23-24-21(29)22-9-10-30-19(27)13(3)4/h7-8,11-12H,3,5-6,9-10H2,1-2,4H3,(H,23,26)(H2,22,24,29). The number of anilines is 1. The molecule has 10 nitrogen and oxygen atoms in total. The van der Waals surface area contributed by atoms with Gasteiger partial charge in [0, 0.05) is 35.8 Å². The molecular weight excluding hydrogens is 404 g/mol. The van der Waals surface area contributed by atoms with E-state index >= 15 is 0 Å². The molecule has 0 aliphatic rings. The Kier molecular flexibility index (Phi) is 8.18. The first-order valence-electron chi connectivity index (χ1n) is 9.76. The quantitative estimate of drug-likeness (QED) is 0.191. The number of nitrogens with one attached hydrogen (secondary N) is 3. The Balaban J connectivity index is 1.96. The second kappa shape index (κ2) is 10.8. The minimum atomic E-state index is -0.827. The fraction of sp³-hybridized carbons (Fsp3) is 0.333. The van der Waals surface area contributed by atoms with Crippen LogP contribution in [0, 0.1) is 0 Å². The van der Waals surface area contributed by atoms with Gasteiger partial charge in [0.2, 0.25) is 0 Å². The highest BCUT2D eigenvalue weighted by molar-refractivity contribution is 5.97. The summed E-state index contributed by atoms with van der Waals surface area (Å²) in [6, 6.07) is 6.05. The van der Waals surface area contributed by atoms with Crippen LogP contribution < -0.4 is 26.7 Å². The molecule has 31 heavy (non-hydrogen) atoms. The van der Waals surface area contributed by atoms with Crippen LogP contribution in [0.15, 0.2) is 45.6 Å². The van der Waals surface area contributed by atoms with Crippen LogP contribution in [0.5, 0.6) is 0 Å². The molecule has 0 bridgehead atoms. The van der Waals surface area contributed by atoms with E-state index in [-0.39, 0.29) is 24.3 Å². The third kappa shape index (κ3) is 6.33. The number of urea groups is 1. The Hall–Kier alpha value is -3.82. The van der Waals surface area contributed by atoms with E-state index in [1.54, 1.807) is 12.1 Å².